The molecule has 110 valence electrons. The van der Waals surface area contributed by atoms with Crippen LogP contribution < -0.4 is 10.0 Å². The van der Waals surface area contributed by atoms with Crippen molar-refractivity contribution < 1.29 is 8.42 Å². The van der Waals surface area contributed by atoms with Crippen molar-refractivity contribution in [3.8, 4) is 0 Å². The maximum atomic E-state index is 12.1. The Balaban J connectivity index is 2.14. The molecule has 0 radical (unpaired) electrons. The van der Waals surface area contributed by atoms with E-state index in [4.69, 9.17) is 11.6 Å². The van der Waals surface area contributed by atoms with Crippen molar-refractivity contribution in [2.75, 3.05) is 32.5 Å². The highest BCUT2D eigenvalue weighted by molar-refractivity contribution is 7.90. The number of sulfonamides is 1. The molecule has 1 aliphatic rings. The van der Waals surface area contributed by atoms with Crippen molar-refractivity contribution in [2.24, 2.45) is 4.99 Å². The number of guanidine groups is 1. The van der Waals surface area contributed by atoms with Crippen molar-refractivity contribution in [3.63, 3.8) is 0 Å². The van der Waals surface area contributed by atoms with Gasteiger partial charge in [0.25, 0.3) is 10.0 Å². The Labute approximate surface area is 123 Å². The smallest absolute Gasteiger partial charge is 0.266 e. The van der Waals surface area contributed by atoms with Gasteiger partial charge in [-0.25, -0.2) is 13.1 Å². The minimum absolute atomic E-state index is 0.136. The summed E-state index contributed by atoms with van der Waals surface area (Å²) in [6, 6.07) is 4.68. The van der Waals surface area contributed by atoms with E-state index in [0.717, 1.165) is 13.0 Å². The molecule has 6 nitrogen and oxygen atoms in total. The molecule has 8 heteroatoms. The van der Waals surface area contributed by atoms with Crippen LogP contribution in [-0.2, 0) is 10.0 Å². The first-order valence-corrected chi connectivity index (χ1v) is 8.03. The van der Waals surface area contributed by atoms with Crippen LogP contribution in [0.1, 0.15) is 6.42 Å². The highest BCUT2D eigenvalue weighted by atomic mass is 35.5. The number of nitrogens with zero attached hydrogens (tertiary/aromatic N) is 2. The van der Waals surface area contributed by atoms with E-state index in [1.54, 1.807) is 12.1 Å². The number of nitrogens with one attached hydrogen (secondary N) is 2. The molecule has 2 N–H and O–H groups in total. The van der Waals surface area contributed by atoms with Crippen LogP contribution >= 0.6 is 11.6 Å². The van der Waals surface area contributed by atoms with Gasteiger partial charge in [0.1, 0.15) is 4.90 Å². The predicted molar refractivity (Wildman–Crippen MR) is 80.9 cm³/mol. The van der Waals surface area contributed by atoms with Crippen LogP contribution in [0, 0.1) is 0 Å². The first-order valence-electron chi connectivity index (χ1n) is 6.17. The van der Waals surface area contributed by atoms with Gasteiger partial charge in [0.15, 0.2) is 0 Å². The molecule has 0 aliphatic carbocycles. The predicted octanol–water partition coefficient (Wildman–Crippen LogP) is 1.35. The lowest BCUT2D eigenvalue weighted by atomic mass is 10.3. The Morgan fingerprint density at radius 3 is 2.80 bits per heavy atom. The normalized spacial score (nSPS) is 18.5. The maximum Gasteiger partial charge on any atom is 0.266 e. The molecule has 2 rings (SSSR count). The van der Waals surface area contributed by atoms with Gasteiger partial charge in [-0.15, -0.1) is 0 Å². The van der Waals surface area contributed by atoms with Crippen molar-refractivity contribution in [1.29, 1.82) is 0 Å². The first kappa shape index (κ1) is 15.1. The zero-order chi connectivity index (χ0) is 14.8. The number of fused-ring (bicyclic) bond motifs is 1. The van der Waals surface area contributed by atoms with Gasteiger partial charge in [-0.1, -0.05) is 11.6 Å². The monoisotopic (exact) mass is 316 g/mol. The van der Waals surface area contributed by atoms with Crippen LogP contribution in [0.25, 0.3) is 0 Å². The van der Waals surface area contributed by atoms with Gasteiger partial charge in [0, 0.05) is 11.6 Å². The van der Waals surface area contributed by atoms with E-state index >= 15 is 0 Å². The quantitative estimate of drug-likeness (QED) is 0.822. The second kappa shape index (κ2) is 5.99. The average molecular weight is 317 g/mol. The summed E-state index contributed by atoms with van der Waals surface area (Å²) in [6.45, 7) is 1.45. The summed E-state index contributed by atoms with van der Waals surface area (Å²) in [5.74, 6) is 0.249. The molecule has 20 heavy (non-hydrogen) atoms. The summed E-state index contributed by atoms with van der Waals surface area (Å²) in [5.41, 5.74) is 0.486. The summed E-state index contributed by atoms with van der Waals surface area (Å²) in [7, 11) is 0.356. The highest BCUT2D eigenvalue weighted by Crippen LogP contribution is 2.27. The molecule has 1 aromatic carbocycles. The van der Waals surface area contributed by atoms with Gasteiger partial charge in [-0.3, -0.25) is 4.99 Å². The molecule has 1 heterocycles. The van der Waals surface area contributed by atoms with E-state index in [2.05, 4.69) is 19.9 Å². The third kappa shape index (κ3) is 3.62. The molecule has 0 bridgehead atoms. The Morgan fingerprint density at radius 1 is 1.35 bits per heavy atom. The van der Waals surface area contributed by atoms with Crippen molar-refractivity contribution >= 4 is 33.3 Å². The number of aliphatic imine (C=N–C) groups is 1. The van der Waals surface area contributed by atoms with Crippen LogP contribution in [0.15, 0.2) is 28.1 Å². The number of halogens is 1. The van der Waals surface area contributed by atoms with Crippen LogP contribution in [-0.4, -0.2) is 46.5 Å². The van der Waals surface area contributed by atoms with Gasteiger partial charge >= 0.3 is 0 Å². The van der Waals surface area contributed by atoms with E-state index in [0.29, 0.717) is 17.3 Å². The lowest BCUT2D eigenvalue weighted by Crippen LogP contribution is -2.40. The summed E-state index contributed by atoms with van der Waals surface area (Å²) in [4.78, 5) is 6.42. The molecule has 0 saturated carbocycles. The molecule has 0 saturated heterocycles. The third-order valence-corrected chi connectivity index (χ3v) is 4.36. The third-order valence-electron chi connectivity index (χ3n) is 2.75. The highest BCUT2D eigenvalue weighted by Gasteiger charge is 2.26. The summed E-state index contributed by atoms with van der Waals surface area (Å²) < 4.78 is 26.6. The Kier molecular flexibility index (Phi) is 4.52. The van der Waals surface area contributed by atoms with Gasteiger partial charge in [-0.2, -0.15) is 0 Å². The summed E-state index contributed by atoms with van der Waals surface area (Å²) in [6.07, 6.45) is 0.855. The van der Waals surface area contributed by atoms with Gasteiger partial charge in [0.05, 0.1) is 5.69 Å². The van der Waals surface area contributed by atoms with E-state index < -0.39 is 10.0 Å². The molecule has 0 amide bonds. The second-order valence-electron chi connectivity index (χ2n) is 4.76. The fourth-order valence-corrected chi connectivity index (χ4v) is 3.21. The molecule has 0 atom stereocenters. The lowest BCUT2D eigenvalue weighted by molar-refractivity contribution is 0.403. The Morgan fingerprint density at radius 2 is 2.10 bits per heavy atom. The molecular weight excluding hydrogens is 300 g/mol. The SMILES string of the molecule is CN(C)CCCN=C1Nc2ccc(Cl)cc2S(=O)(=O)N1. The van der Waals surface area contributed by atoms with Gasteiger partial charge in [-0.05, 0) is 45.3 Å². The standard InChI is InChI=1S/C12H17ClN4O2S/c1-17(2)7-3-6-14-12-15-10-5-4-9(13)8-11(10)20(18,19)16-12/h4-5,8H,3,6-7H2,1-2H3,(H2,14,15,16). The van der Waals surface area contributed by atoms with Crippen molar-refractivity contribution in [3.05, 3.63) is 23.2 Å². The van der Waals surface area contributed by atoms with Crippen LogP contribution in [0.3, 0.4) is 0 Å². The first-order chi connectivity index (χ1) is 9.38. The second-order valence-corrected chi connectivity index (χ2v) is 6.85. The topological polar surface area (TPSA) is 73.8 Å². The van der Waals surface area contributed by atoms with E-state index in [1.807, 2.05) is 14.1 Å². The van der Waals surface area contributed by atoms with E-state index in [1.165, 1.54) is 6.07 Å². The summed E-state index contributed by atoms with van der Waals surface area (Å²) in [5, 5.41) is 3.33. The Hall–Kier alpha value is -1.31. The van der Waals surface area contributed by atoms with Crippen LogP contribution in [0.2, 0.25) is 5.02 Å². The van der Waals surface area contributed by atoms with Crippen molar-refractivity contribution in [2.45, 2.75) is 11.3 Å². The number of anilines is 1. The molecule has 0 fully saturated rings. The number of hydrogen-bond acceptors (Lipinski definition) is 4. The molecule has 1 aliphatic heterocycles. The van der Waals surface area contributed by atoms with Crippen LogP contribution in [0.4, 0.5) is 5.69 Å². The number of benzene rings is 1. The Bertz CT molecular complexity index is 628. The molecule has 0 spiro atoms. The fraction of sp³-hybridized carbons (Fsp3) is 0.417. The lowest BCUT2D eigenvalue weighted by Gasteiger charge is -2.21. The van der Waals surface area contributed by atoms with E-state index in [-0.39, 0.29) is 10.9 Å². The average Bonchev–Trinajstić information content (AvgIpc) is 2.35. The number of hydrogen-bond donors (Lipinski definition) is 2. The zero-order valence-electron chi connectivity index (χ0n) is 11.4. The largest absolute Gasteiger partial charge is 0.324 e. The van der Waals surface area contributed by atoms with E-state index in [9.17, 15) is 8.42 Å². The molecule has 0 aromatic heterocycles. The van der Waals surface area contributed by atoms with Gasteiger partial charge in [0.2, 0.25) is 5.96 Å². The molecule has 1 aromatic rings. The molecule has 0 unspecified atom stereocenters. The minimum Gasteiger partial charge on any atom is -0.324 e. The maximum absolute atomic E-state index is 12.1. The summed E-state index contributed by atoms with van der Waals surface area (Å²) >= 11 is 5.82. The van der Waals surface area contributed by atoms with Crippen LogP contribution in [0.5, 0.6) is 0 Å². The minimum atomic E-state index is -3.61. The van der Waals surface area contributed by atoms with Crippen molar-refractivity contribution in [1.82, 2.24) is 9.62 Å². The molecular formula is C12H17ClN4O2S. The number of rotatable bonds is 4. The zero-order valence-corrected chi connectivity index (χ0v) is 12.9. The fourth-order valence-electron chi connectivity index (χ4n) is 1.81. The van der Waals surface area contributed by atoms with Gasteiger partial charge < -0.3 is 10.2 Å².